The van der Waals surface area contributed by atoms with Gasteiger partial charge in [-0.1, -0.05) is 19.0 Å². The Morgan fingerprint density at radius 1 is 1.16 bits per heavy atom. The minimum atomic E-state index is 0.353. The maximum atomic E-state index is 5.53. The molecule has 1 N–H and O–H groups in total. The summed E-state index contributed by atoms with van der Waals surface area (Å²) in [5, 5.41) is 7.53. The molecule has 2 heterocycles. The molecule has 31 heavy (non-hydrogen) atoms. The van der Waals surface area contributed by atoms with Crippen molar-refractivity contribution in [2.24, 2.45) is 4.99 Å². The Bertz CT molecular complexity index is 857. The number of aliphatic imine (C=N–C) groups is 1. The highest BCUT2D eigenvalue weighted by molar-refractivity contribution is 5.80. The Morgan fingerprint density at radius 2 is 1.94 bits per heavy atom. The first kappa shape index (κ1) is 22.9. The van der Waals surface area contributed by atoms with Crippen molar-refractivity contribution in [3.05, 3.63) is 41.3 Å². The summed E-state index contributed by atoms with van der Waals surface area (Å²) < 4.78 is 16.3. The SMILES string of the molecule is CCNC(=NCc1cc(C(C)C)no1)N1CCN(Cc2cc(OC)ccc2OC)CC1. The van der Waals surface area contributed by atoms with Crippen LogP contribution in [0, 0.1) is 0 Å². The second-order valence-corrected chi connectivity index (χ2v) is 7.98. The van der Waals surface area contributed by atoms with E-state index < -0.39 is 0 Å². The summed E-state index contributed by atoms with van der Waals surface area (Å²) in [6, 6.07) is 7.95. The lowest BCUT2D eigenvalue weighted by Gasteiger charge is -2.36. The summed E-state index contributed by atoms with van der Waals surface area (Å²) in [6.07, 6.45) is 0. The molecule has 170 valence electrons. The summed E-state index contributed by atoms with van der Waals surface area (Å²) in [5.41, 5.74) is 2.11. The van der Waals surface area contributed by atoms with Crippen molar-refractivity contribution in [3.8, 4) is 11.5 Å². The lowest BCUT2D eigenvalue weighted by molar-refractivity contribution is 0.171. The smallest absolute Gasteiger partial charge is 0.194 e. The average Bonchev–Trinajstić information content (AvgIpc) is 3.26. The van der Waals surface area contributed by atoms with Gasteiger partial charge in [0, 0.05) is 50.9 Å². The van der Waals surface area contributed by atoms with Gasteiger partial charge in [-0.25, -0.2) is 4.99 Å². The molecular formula is C23H35N5O3. The van der Waals surface area contributed by atoms with Crippen LogP contribution in [0.3, 0.4) is 0 Å². The zero-order chi connectivity index (χ0) is 22.2. The molecule has 0 unspecified atom stereocenters. The predicted octanol–water partition coefficient (Wildman–Crippen LogP) is 3.10. The van der Waals surface area contributed by atoms with Gasteiger partial charge in [0.1, 0.15) is 18.0 Å². The molecule has 1 aromatic heterocycles. The average molecular weight is 430 g/mol. The van der Waals surface area contributed by atoms with Gasteiger partial charge in [0.05, 0.1) is 19.9 Å². The van der Waals surface area contributed by atoms with Gasteiger partial charge in [0.2, 0.25) is 0 Å². The van der Waals surface area contributed by atoms with Crippen molar-refractivity contribution in [3.63, 3.8) is 0 Å². The molecule has 0 spiro atoms. The zero-order valence-corrected chi connectivity index (χ0v) is 19.4. The van der Waals surface area contributed by atoms with Crippen LogP contribution in [0.15, 0.2) is 33.8 Å². The van der Waals surface area contributed by atoms with Crippen LogP contribution in [0.25, 0.3) is 0 Å². The van der Waals surface area contributed by atoms with Crippen LogP contribution in [0.2, 0.25) is 0 Å². The zero-order valence-electron chi connectivity index (χ0n) is 19.4. The Hall–Kier alpha value is -2.74. The second-order valence-electron chi connectivity index (χ2n) is 7.98. The van der Waals surface area contributed by atoms with Crippen LogP contribution < -0.4 is 14.8 Å². The predicted molar refractivity (Wildman–Crippen MR) is 122 cm³/mol. The first-order chi connectivity index (χ1) is 15.0. The quantitative estimate of drug-likeness (QED) is 0.510. The number of benzene rings is 1. The summed E-state index contributed by atoms with van der Waals surface area (Å²) in [5.74, 6) is 3.81. The number of hydrogen-bond acceptors (Lipinski definition) is 6. The van der Waals surface area contributed by atoms with E-state index in [-0.39, 0.29) is 0 Å². The molecule has 1 saturated heterocycles. The van der Waals surface area contributed by atoms with E-state index >= 15 is 0 Å². The van der Waals surface area contributed by atoms with Crippen molar-refractivity contribution < 1.29 is 14.0 Å². The van der Waals surface area contributed by atoms with Crippen molar-refractivity contribution in [1.82, 2.24) is 20.3 Å². The van der Waals surface area contributed by atoms with E-state index in [2.05, 4.69) is 47.1 Å². The Morgan fingerprint density at radius 3 is 2.55 bits per heavy atom. The minimum absolute atomic E-state index is 0.353. The molecule has 1 aromatic carbocycles. The van der Waals surface area contributed by atoms with E-state index in [0.717, 1.165) is 73.7 Å². The van der Waals surface area contributed by atoms with Crippen molar-refractivity contribution in [1.29, 1.82) is 0 Å². The standard InChI is InChI=1S/C23H35N5O3/c1-6-24-23(25-15-20-14-21(17(2)3)26-31-20)28-11-9-27(10-12-28)16-18-13-19(29-4)7-8-22(18)30-5/h7-8,13-14,17H,6,9-12,15-16H2,1-5H3,(H,24,25). The van der Waals surface area contributed by atoms with Gasteiger partial charge in [-0.2, -0.15) is 0 Å². The fourth-order valence-electron chi connectivity index (χ4n) is 3.62. The van der Waals surface area contributed by atoms with Crippen molar-refractivity contribution >= 4 is 5.96 Å². The second kappa shape index (κ2) is 11.0. The third-order valence-electron chi connectivity index (χ3n) is 5.44. The third-order valence-corrected chi connectivity index (χ3v) is 5.44. The molecule has 0 radical (unpaired) electrons. The fraction of sp³-hybridized carbons (Fsp3) is 0.565. The molecule has 1 aliphatic rings. The first-order valence-electron chi connectivity index (χ1n) is 11.0. The molecule has 1 fully saturated rings. The van der Waals surface area contributed by atoms with E-state index in [0.29, 0.717) is 12.5 Å². The molecule has 0 atom stereocenters. The Labute approximate surface area is 185 Å². The molecule has 2 aromatic rings. The number of rotatable bonds is 8. The molecule has 8 nitrogen and oxygen atoms in total. The van der Waals surface area contributed by atoms with E-state index in [4.69, 9.17) is 19.0 Å². The van der Waals surface area contributed by atoms with Gasteiger partial charge in [-0.3, -0.25) is 4.90 Å². The molecule has 8 heteroatoms. The van der Waals surface area contributed by atoms with E-state index in [9.17, 15) is 0 Å². The van der Waals surface area contributed by atoms with Crippen LogP contribution in [0.4, 0.5) is 0 Å². The van der Waals surface area contributed by atoms with Crippen LogP contribution in [-0.4, -0.2) is 67.9 Å². The largest absolute Gasteiger partial charge is 0.497 e. The molecular weight excluding hydrogens is 394 g/mol. The molecule has 0 aliphatic carbocycles. The van der Waals surface area contributed by atoms with Gasteiger partial charge in [-0.15, -0.1) is 0 Å². The number of piperazine rings is 1. The Balaban J connectivity index is 1.59. The molecule has 1 aliphatic heterocycles. The topological polar surface area (TPSA) is 75.4 Å². The number of aromatic nitrogens is 1. The maximum absolute atomic E-state index is 5.53. The first-order valence-corrected chi connectivity index (χ1v) is 11.0. The summed E-state index contributed by atoms with van der Waals surface area (Å²) in [6.45, 7) is 12.2. The lowest BCUT2D eigenvalue weighted by Crippen LogP contribution is -2.52. The lowest BCUT2D eigenvalue weighted by atomic mass is 10.1. The maximum Gasteiger partial charge on any atom is 0.194 e. The van der Waals surface area contributed by atoms with Crippen molar-refractivity contribution in [2.75, 3.05) is 46.9 Å². The van der Waals surface area contributed by atoms with Gasteiger partial charge < -0.3 is 24.2 Å². The van der Waals surface area contributed by atoms with E-state index in [1.165, 1.54) is 0 Å². The molecule has 3 rings (SSSR count). The number of methoxy groups -OCH3 is 2. The van der Waals surface area contributed by atoms with Gasteiger partial charge in [0.25, 0.3) is 0 Å². The van der Waals surface area contributed by atoms with Crippen LogP contribution >= 0.6 is 0 Å². The summed E-state index contributed by atoms with van der Waals surface area (Å²) >= 11 is 0. The van der Waals surface area contributed by atoms with E-state index in [1.54, 1.807) is 14.2 Å². The normalized spacial score (nSPS) is 15.4. The van der Waals surface area contributed by atoms with Gasteiger partial charge >= 0.3 is 0 Å². The van der Waals surface area contributed by atoms with Crippen LogP contribution in [0.1, 0.15) is 43.7 Å². The number of ether oxygens (including phenoxy) is 2. The highest BCUT2D eigenvalue weighted by atomic mass is 16.5. The van der Waals surface area contributed by atoms with Crippen LogP contribution in [0.5, 0.6) is 11.5 Å². The van der Waals surface area contributed by atoms with Crippen LogP contribution in [-0.2, 0) is 13.1 Å². The minimum Gasteiger partial charge on any atom is -0.497 e. The molecule has 0 amide bonds. The Kier molecular flexibility index (Phi) is 8.17. The highest BCUT2D eigenvalue weighted by Gasteiger charge is 2.21. The fourth-order valence-corrected chi connectivity index (χ4v) is 3.62. The third kappa shape index (κ3) is 6.13. The number of nitrogens with one attached hydrogen (secondary N) is 1. The summed E-state index contributed by atoms with van der Waals surface area (Å²) in [4.78, 5) is 9.52. The monoisotopic (exact) mass is 429 g/mol. The highest BCUT2D eigenvalue weighted by Crippen LogP contribution is 2.25. The summed E-state index contributed by atoms with van der Waals surface area (Å²) in [7, 11) is 3.40. The number of hydrogen-bond donors (Lipinski definition) is 1. The molecule has 0 saturated carbocycles. The van der Waals surface area contributed by atoms with Crippen molar-refractivity contribution in [2.45, 2.75) is 39.8 Å². The van der Waals surface area contributed by atoms with Gasteiger partial charge in [0.15, 0.2) is 11.7 Å². The van der Waals surface area contributed by atoms with Gasteiger partial charge in [-0.05, 0) is 31.0 Å². The number of nitrogens with zero attached hydrogens (tertiary/aromatic N) is 4. The van der Waals surface area contributed by atoms with E-state index in [1.807, 2.05) is 18.2 Å². The number of guanidine groups is 1. The molecule has 0 bridgehead atoms.